The number of rotatable bonds is 6. The van der Waals surface area contributed by atoms with E-state index in [0.717, 1.165) is 55.2 Å². The highest BCUT2D eigenvalue weighted by atomic mass is 19.1. The van der Waals surface area contributed by atoms with Gasteiger partial charge >= 0.3 is 6.09 Å². The van der Waals surface area contributed by atoms with Gasteiger partial charge in [0.1, 0.15) is 18.1 Å². The topological polar surface area (TPSA) is 85.3 Å². The van der Waals surface area contributed by atoms with Crippen molar-refractivity contribution >= 4 is 11.8 Å². The summed E-state index contributed by atoms with van der Waals surface area (Å²) in [7, 11) is 0. The van der Waals surface area contributed by atoms with Crippen LogP contribution in [-0.2, 0) is 4.74 Å². The van der Waals surface area contributed by atoms with E-state index in [-0.39, 0.29) is 36.2 Å². The SMILES string of the molecule is O=C(OC1CCCN(c2ccc(-c3ccc(C(O)NC4CC4)cc3)cc2F)C1)N1C2CCC1CC(O)C2. The normalized spacial score (nSPS) is 28.3. The number of nitrogens with one attached hydrogen (secondary N) is 1. The molecule has 0 spiro atoms. The second-order valence-electron chi connectivity index (χ2n) is 11.1. The number of aliphatic hydroxyl groups is 2. The Morgan fingerprint density at radius 3 is 2.38 bits per heavy atom. The third kappa shape index (κ3) is 5.33. The maximum Gasteiger partial charge on any atom is 0.410 e. The zero-order valence-electron chi connectivity index (χ0n) is 21.1. The lowest BCUT2D eigenvalue weighted by molar-refractivity contribution is 0.00640. The van der Waals surface area contributed by atoms with E-state index in [2.05, 4.69) is 5.32 Å². The fraction of sp³-hybridized carbons (Fsp3) is 0.552. The monoisotopic (exact) mass is 509 g/mol. The summed E-state index contributed by atoms with van der Waals surface area (Å²) in [6.07, 6.45) is 5.31. The highest BCUT2D eigenvalue weighted by Crippen LogP contribution is 2.37. The van der Waals surface area contributed by atoms with Crippen molar-refractivity contribution in [3.05, 3.63) is 53.8 Å². The van der Waals surface area contributed by atoms with Crippen molar-refractivity contribution in [2.75, 3.05) is 18.0 Å². The van der Waals surface area contributed by atoms with Crippen LogP contribution >= 0.6 is 0 Å². The summed E-state index contributed by atoms with van der Waals surface area (Å²) < 4.78 is 21.2. The number of nitrogens with zero attached hydrogens (tertiary/aromatic N) is 2. The molecule has 8 heteroatoms. The fourth-order valence-electron chi connectivity index (χ4n) is 6.27. The van der Waals surface area contributed by atoms with Crippen LogP contribution in [0.4, 0.5) is 14.9 Å². The van der Waals surface area contributed by atoms with E-state index < -0.39 is 6.23 Å². The number of fused-ring (bicyclic) bond motifs is 2. The van der Waals surface area contributed by atoms with Crippen LogP contribution in [0.1, 0.15) is 63.2 Å². The van der Waals surface area contributed by atoms with Crippen molar-refractivity contribution < 1.29 is 24.1 Å². The highest BCUT2D eigenvalue weighted by molar-refractivity contribution is 5.70. The second kappa shape index (κ2) is 10.2. The molecule has 1 aliphatic carbocycles. The number of anilines is 1. The summed E-state index contributed by atoms with van der Waals surface area (Å²) in [5.74, 6) is -0.299. The lowest BCUT2D eigenvalue weighted by Crippen LogP contribution is -2.50. The zero-order valence-corrected chi connectivity index (χ0v) is 21.1. The molecule has 2 bridgehead atoms. The Balaban J connectivity index is 1.09. The van der Waals surface area contributed by atoms with Gasteiger partial charge < -0.3 is 24.7 Å². The Morgan fingerprint density at radius 2 is 1.70 bits per heavy atom. The molecule has 4 fully saturated rings. The van der Waals surface area contributed by atoms with Crippen LogP contribution in [0.25, 0.3) is 11.1 Å². The number of aliphatic hydroxyl groups excluding tert-OH is 2. The van der Waals surface area contributed by atoms with Crippen molar-refractivity contribution in [2.24, 2.45) is 0 Å². The predicted molar refractivity (Wildman–Crippen MR) is 139 cm³/mol. The van der Waals surface area contributed by atoms with Gasteiger partial charge in [-0.1, -0.05) is 30.3 Å². The number of benzene rings is 2. The number of amides is 1. The molecule has 4 aliphatic rings. The molecule has 1 saturated carbocycles. The highest BCUT2D eigenvalue weighted by Gasteiger charge is 2.44. The molecule has 3 heterocycles. The van der Waals surface area contributed by atoms with E-state index in [9.17, 15) is 15.0 Å². The van der Waals surface area contributed by atoms with E-state index in [1.807, 2.05) is 40.1 Å². The van der Waals surface area contributed by atoms with Gasteiger partial charge in [0, 0.05) is 24.7 Å². The molecule has 37 heavy (non-hydrogen) atoms. The molecule has 1 amide bonds. The van der Waals surface area contributed by atoms with E-state index in [1.165, 1.54) is 0 Å². The van der Waals surface area contributed by atoms with Gasteiger partial charge in [0.2, 0.25) is 0 Å². The minimum absolute atomic E-state index is 0.0673. The van der Waals surface area contributed by atoms with Gasteiger partial charge in [0.05, 0.1) is 18.3 Å². The van der Waals surface area contributed by atoms with Crippen LogP contribution in [0, 0.1) is 5.82 Å². The fourth-order valence-corrected chi connectivity index (χ4v) is 6.27. The lowest BCUT2D eigenvalue weighted by Gasteiger charge is -2.39. The minimum atomic E-state index is -0.682. The quantitative estimate of drug-likeness (QED) is 0.503. The van der Waals surface area contributed by atoms with Gasteiger partial charge in [-0.15, -0.1) is 0 Å². The largest absolute Gasteiger partial charge is 0.444 e. The summed E-state index contributed by atoms with van der Waals surface area (Å²) in [5.41, 5.74) is 2.99. The maximum absolute atomic E-state index is 15.3. The molecule has 4 atom stereocenters. The Hall–Kier alpha value is -2.68. The Bertz CT molecular complexity index is 1110. The molecule has 3 N–H and O–H groups in total. The Morgan fingerprint density at radius 1 is 1.00 bits per heavy atom. The smallest absolute Gasteiger partial charge is 0.410 e. The molecule has 4 unspecified atom stereocenters. The minimum Gasteiger partial charge on any atom is -0.444 e. The van der Waals surface area contributed by atoms with E-state index in [4.69, 9.17) is 4.74 Å². The second-order valence-corrected chi connectivity index (χ2v) is 11.1. The Kier molecular flexibility index (Phi) is 6.82. The van der Waals surface area contributed by atoms with Gasteiger partial charge in [-0.2, -0.15) is 0 Å². The average molecular weight is 510 g/mol. The maximum atomic E-state index is 15.3. The van der Waals surface area contributed by atoms with Gasteiger partial charge in [0.15, 0.2) is 0 Å². The third-order valence-corrected chi connectivity index (χ3v) is 8.38. The summed E-state index contributed by atoms with van der Waals surface area (Å²) in [5, 5.41) is 23.5. The van der Waals surface area contributed by atoms with Crippen molar-refractivity contribution in [3.63, 3.8) is 0 Å². The molecule has 6 rings (SSSR count). The molecule has 2 aromatic carbocycles. The van der Waals surface area contributed by atoms with Crippen molar-refractivity contribution in [2.45, 2.75) is 87.9 Å². The standard InChI is InChI=1S/C29H36FN3O4/c30-26-14-20(18-3-5-19(6-4-18)28(35)31-21-8-9-21)7-12-27(26)32-13-1-2-25(17-32)37-29(36)33-22-10-11-23(33)16-24(34)15-22/h3-7,12,14,21-25,28,31,34-35H,1-2,8-11,13,15-17H2. The summed E-state index contributed by atoms with van der Waals surface area (Å²) >= 11 is 0. The number of ether oxygens (including phenoxy) is 1. The number of halogens is 1. The van der Waals surface area contributed by atoms with Crippen molar-refractivity contribution in [1.29, 1.82) is 0 Å². The zero-order chi connectivity index (χ0) is 25.5. The first-order valence-corrected chi connectivity index (χ1v) is 13.7. The number of hydrogen-bond acceptors (Lipinski definition) is 6. The summed E-state index contributed by atoms with van der Waals surface area (Å²) in [4.78, 5) is 16.8. The van der Waals surface area contributed by atoms with E-state index >= 15 is 4.39 Å². The first-order chi connectivity index (χ1) is 17.9. The van der Waals surface area contributed by atoms with Gasteiger partial charge in [-0.3, -0.25) is 5.32 Å². The van der Waals surface area contributed by atoms with Gasteiger partial charge in [-0.25, -0.2) is 9.18 Å². The predicted octanol–water partition coefficient (Wildman–Crippen LogP) is 4.33. The lowest BCUT2D eigenvalue weighted by atomic mass is 10.0. The molecule has 0 radical (unpaired) electrons. The number of hydrogen-bond donors (Lipinski definition) is 3. The van der Waals surface area contributed by atoms with Gasteiger partial charge in [-0.05, 0) is 80.2 Å². The first kappa shape index (κ1) is 24.6. The Labute approximate surface area is 217 Å². The van der Waals surface area contributed by atoms with Crippen molar-refractivity contribution in [3.8, 4) is 11.1 Å². The van der Waals surface area contributed by atoms with Gasteiger partial charge in [0.25, 0.3) is 0 Å². The molecule has 0 aromatic heterocycles. The molecular formula is C29H36FN3O4. The van der Waals surface area contributed by atoms with Crippen LogP contribution in [0.2, 0.25) is 0 Å². The summed E-state index contributed by atoms with van der Waals surface area (Å²) in [6.45, 7) is 1.18. The molecule has 198 valence electrons. The number of carbonyl (C=O) groups is 1. The molecule has 2 aromatic rings. The molecule has 3 aliphatic heterocycles. The molecular weight excluding hydrogens is 473 g/mol. The molecule has 3 saturated heterocycles. The number of piperidine rings is 2. The van der Waals surface area contributed by atoms with Crippen LogP contribution in [0.5, 0.6) is 0 Å². The summed E-state index contributed by atoms with van der Waals surface area (Å²) in [6, 6.07) is 13.4. The van der Waals surface area contributed by atoms with Crippen LogP contribution in [-0.4, -0.2) is 64.6 Å². The van der Waals surface area contributed by atoms with E-state index in [0.29, 0.717) is 37.7 Å². The average Bonchev–Trinajstić information content (AvgIpc) is 3.66. The third-order valence-electron chi connectivity index (χ3n) is 8.38. The number of carbonyl (C=O) groups excluding carboxylic acids is 1. The van der Waals surface area contributed by atoms with Crippen molar-refractivity contribution in [1.82, 2.24) is 10.2 Å². The van der Waals surface area contributed by atoms with E-state index in [1.54, 1.807) is 12.1 Å². The van der Waals surface area contributed by atoms with Crippen LogP contribution < -0.4 is 10.2 Å². The van der Waals surface area contributed by atoms with Crippen LogP contribution in [0.15, 0.2) is 42.5 Å². The molecule has 7 nitrogen and oxygen atoms in total. The first-order valence-electron chi connectivity index (χ1n) is 13.7. The van der Waals surface area contributed by atoms with Crippen LogP contribution in [0.3, 0.4) is 0 Å².